The number of aliphatic hydroxyl groups excluding tert-OH is 1. The molecule has 0 bridgehead atoms. The van der Waals surface area contributed by atoms with Gasteiger partial charge in [-0.1, -0.05) is 0 Å². The minimum atomic E-state index is -0.453. The van der Waals surface area contributed by atoms with E-state index in [9.17, 15) is 5.11 Å². The lowest BCUT2D eigenvalue weighted by atomic mass is 10.1. The predicted molar refractivity (Wildman–Crippen MR) is 80.3 cm³/mol. The Morgan fingerprint density at radius 1 is 1.28 bits per heavy atom. The number of pyridine rings is 1. The van der Waals surface area contributed by atoms with Crippen molar-refractivity contribution in [3.8, 4) is 0 Å². The number of halogens is 1. The van der Waals surface area contributed by atoms with Crippen LogP contribution in [-0.2, 0) is 6.42 Å². The van der Waals surface area contributed by atoms with Gasteiger partial charge in [0.05, 0.1) is 6.10 Å². The highest BCUT2D eigenvalue weighted by Crippen LogP contribution is 2.34. The van der Waals surface area contributed by atoms with Gasteiger partial charge in [0, 0.05) is 37.6 Å². The zero-order valence-corrected chi connectivity index (χ0v) is 12.6. The van der Waals surface area contributed by atoms with Crippen LogP contribution in [0.1, 0.15) is 16.5 Å². The quantitative estimate of drug-likeness (QED) is 0.767. The van der Waals surface area contributed by atoms with Crippen molar-refractivity contribution in [2.45, 2.75) is 12.5 Å². The molecule has 0 aliphatic carbocycles. The van der Waals surface area contributed by atoms with E-state index in [0.29, 0.717) is 6.42 Å². The van der Waals surface area contributed by atoms with Gasteiger partial charge in [0.1, 0.15) is 0 Å². The molecular formula is C13H10BrNOS2. The van der Waals surface area contributed by atoms with Gasteiger partial charge in [-0.2, -0.15) is 0 Å². The molecule has 0 saturated carbocycles. The Labute approximate surface area is 121 Å². The molecule has 1 atom stereocenters. The lowest BCUT2D eigenvalue weighted by molar-refractivity contribution is 0.182. The normalized spacial score (nSPS) is 13.0. The van der Waals surface area contributed by atoms with Crippen LogP contribution in [0.3, 0.4) is 0 Å². The summed E-state index contributed by atoms with van der Waals surface area (Å²) in [5, 5.41) is 12.3. The maximum Gasteiger partial charge on any atom is 0.0923 e. The van der Waals surface area contributed by atoms with Crippen LogP contribution in [0.5, 0.6) is 0 Å². The third-order valence-corrected chi connectivity index (χ3v) is 5.31. The van der Waals surface area contributed by atoms with Crippen LogP contribution < -0.4 is 0 Å². The van der Waals surface area contributed by atoms with Crippen LogP contribution >= 0.6 is 38.6 Å². The van der Waals surface area contributed by atoms with Crippen LogP contribution in [0.15, 0.2) is 40.4 Å². The number of fused-ring (bicyclic) bond motifs is 1. The van der Waals surface area contributed by atoms with Crippen molar-refractivity contribution in [3.05, 3.63) is 50.9 Å². The standard InChI is InChI=1S/C13H10BrNOS2/c14-9-3-8(6-15-7-9)4-10(16)12-5-13-11(18-12)1-2-17-13/h1-3,5-7,10,16H,4H2. The first-order chi connectivity index (χ1) is 8.72. The topological polar surface area (TPSA) is 33.1 Å². The van der Waals surface area contributed by atoms with E-state index in [1.165, 1.54) is 9.40 Å². The molecule has 3 heterocycles. The number of rotatable bonds is 3. The molecule has 0 saturated heterocycles. The third kappa shape index (κ3) is 2.49. The summed E-state index contributed by atoms with van der Waals surface area (Å²) in [5.41, 5.74) is 1.04. The highest BCUT2D eigenvalue weighted by molar-refractivity contribution is 9.10. The van der Waals surface area contributed by atoms with Gasteiger partial charge in [-0.15, -0.1) is 22.7 Å². The van der Waals surface area contributed by atoms with Gasteiger partial charge in [0.2, 0.25) is 0 Å². The number of nitrogens with zero attached hydrogens (tertiary/aromatic N) is 1. The van der Waals surface area contributed by atoms with Crippen LogP contribution in [-0.4, -0.2) is 10.1 Å². The first kappa shape index (κ1) is 12.3. The van der Waals surface area contributed by atoms with Gasteiger partial charge in [-0.3, -0.25) is 4.98 Å². The molecule has 0 spiro atoms. The van der Waals surface area contributed by atoms with Gasteiger partial charge >= 0.3 is 0 Å². The van der Waals surface area contributed by atoms with E-state index < -0.39 is 6.10 Å². The molecule has 0 aliphatic heterocycles. The van der Waals surface area contributed by atoms with E-state index in [4.69, 9.17) is 0 Å². The van der Waals surface area contributed by atoms with E-state index >= 15 is 0 Å². The van der Waals surface area contributed by atoms with Crippen LogP contribution in [0.25, 0.3) is 9.40 Å². The number of aromatic nitrogens is 1. The maximum absolute atomic E-state index is 10.3. The summed E-state index contributed by atoms with van der Waals surface area (Å²) in [6, 6.07) is 6.18. The highest BCUT2D eigenvalue weighted by atomic mass is 79.9. The summed E-state index contributed by atoms with van der Waals surface area (Å²) in [6.45, 7) is 0. The molecule has 3 aromatic rings. The third-order valence-electron chi connectivity index (χ3n) is 2.68. The van der Waals surface area contributed by atoms with E-state index in [0.717, 1.165) is 14.9 Å². The molecule has 3 rings (SSSR count). The largest absolute Gasteiger partial charge is 0.387 e. The van der Waals surface area contributed by atoms with E-state index in [-0.39, 0.29) is 0 Å². The molecule has 1 N–H and O–H groups in total. The molecule has 3 aromatic heterocycles. The summed E-state index contributed by atoms with van der Waals surface area (Å²) in [7, 11) is 0. The lowest BCUT2D eigenvalue weighted by Gasteiger charge is -2.08. The number of hydrogen-bond acceptors (Lipinski definition) is 4. The Morgan fingerprint density at radius 2 is 2.17 bits per heavy atom. The van der Waals surface area contributed by atoms with Crippen molar-refractivity contribution >= 4 is 48.0 Å². The zero-order chi connectivity index (χ0) is 12.5. The second-order valence-corrected chi connectivity index (χ2v) is 7.01. The Kier molecular flexibility index (Phi) is 3.48. The highest BCUT2D eigenvalue weighted by Gasteiger charge is 2.13. The average Bonchev–Trinajstić information content (AvgIpc) is 2.88. The van der Waals surface area contributed by atoms with E-state index in [1.807, 2.05) is 6.07 Å². The van der Waals surface area contributed by atoms with E-state index in [2.05, 4.69) is 38.4 Å². The summed E-state index contributed by atoms with van der Waals surface area (Å²) in [5.74, 6) is 0. The molecule has 0 aromatic carbocycles. The number of hydrogen-bond donors (Lipinski definition) is 1. The summed E-state index contributed by atoms with van der Waals surface area (Å²) in [6.07, 6.45) is 3.69. The van der Waals surface area contributed by atoms with Crippen molar-refractivity contribution < 1.29 is 5.11 Å². The van der Waals surface area contributed by atoms with Crippen LogP contribution in [0.2, 0.25) is 0 Å². The molecule has 5 heteroatoms. The molecule has 2 nitrogen and oxygen atoms in total. The molecule has 0 radical (unpaired) electrons. The Hall–Kier alpha value is -0.750. The van der Waals surface area contributed by atoms with Gasteiger partial charge in [-0.05, 0) is 45.1 Å². The fourth-order valence-corrected chi connectivity index (χ4v) is 4.36. The van der Waals surface area contributed by atoms with Crippen LogP contribution in [0, 0.1) is 0 Å². The zero-order valence-electron chi connectivity index (χ0n) is 9.34. The second-order valence-electron chi connectivity index (χ2n) is 4.03. The monoisotopic (exact) mass is 339 g/mol. The average molecular weight is 340 g/mol. The van der Waals surface area contributed by atoms with Gasteiger partial charge in [0.15, 0.2) is 0 Å². The van der Waals surface area contributed by atoms with Crippen molar-refractivity contribution in [3.63, 3.8) is 0 Å². The van der Waals surface area contributed by atoms with Crippen molar-refractivity contribution in [2.75, 3.05) is 0 Å². The molecule has 18 heavy (non-hydrogen) atoms. The summed E-state index contributed by atoms with van der Waals surface area (Å²) >= 11 is 6.77. The van der Waals surface area contributed by atoms with Gasteiger partial charge in [0.25, 0.3) is 0 Å². The Morgan fingerprint density at radius 3 is 2.94 bits per heavy atom. The second kappa shape index (κ2) is 5.09. The SMILES string of the molecule is OC(Cc1cncc(Br)c1)c1cc2sccc2s1. The predicted octanol–water partition coefficient (Wildman–Crippen LogP) is 4.40. The number of aliphatic hydroxyl groups is 1. The van der Waals surface area contributed by atoms with Crippen molar-refractivity contribution in [2.24, 2.45) is 0 Å². The molecule has 0 aliphatic rings. The maximum atomic E-state index is 10.3. The van der Waals surface area contributed by atoms with Gasteiger partial charge in [-0.25, -0.2) is 0 Å². The summed E-state index contributed by atoms with van der Waals surface area (Å²) in [4.78, 5) is 5.14. The fraction of sp³-hybridized carbons (Fsp3) is 0.154. The Balaban J connectivity index is 1.82. The van der Waals surface area contributed by atoms with Crippen molar-refractivity contribution in [1.29, 1.82) is 0 Å². The van der Waals surface area contributed by atoms with Crippen molar-refractivity contribution in [1.82, 2.24) is 4.98 Å². The molecule has 0 amide bonds. The fourth-order valence-electron chi connectivity index (χ4n) is 1.84. The minimum Gasteiger partial charge on any atom is -0.387 e. The summed E-state index contributed by atoms with van der Waals surface area (Å²) < 4.78 is 3.45. The van der Waals surface area contributed by atoms with Crippen LogP contribution in [0.4, 0.5) is 0 Å². The molecular weight excluding hydrogens is 330 g/mol. The smallest absolute Gasteiger partial charge is 0.0923 e. The van der Waals surface area contributed by atoms with E-state index in [1.54, 1.807) is 35.1 Å². The first-order valence-corrected chi connectivity index (χ1v) is 7.96. The first-order valence-electron chi connectivity index (χ1n) is 5.47. The lowest BCUT2D eigenvalue weighted by Crippen LogP contribution is -1.99. The number of thiophene rings is 2. The molecule has 1 unspecified atom stereocenters. The molecule has 0 fully saturated rings. The minimum absolute atomic E-state index is 0.453. The Bertz CT molecular complexity index is 648. The molecule has 92 valence electrons. The van der Waals surface area contributed by atoms with Gasteiger partial charge < -0.3 is 5.11 Å².